The van der Waals surface area contributed by atoms with Gasteiger partial charge < -0.3 is 20.5 Å². The molecule has 0 aromatic heterocycles. The van der Waals surface area contributed by atoms with Crippen LogP contribution in [0.3, 0.4) is 0 Å². The maximum Gasteiger partial charge on any atom is 0.355 e. The molecule has 0 aliphatic heterocycles. The first-order valence-corrected chi connectivity index (χ1v) is 8.98. The third kappa shape index (κ3) is 4.54. The molecule has 0 heterocycles. The van der Waals surface area contributed by atoms with Gasteiger partial charge in [-0.2, -0.15) is 0 Å². The fraction of sp³-hybridized carbons (Fsp3) is 0.300. The van der Waals surface area contributed by atoms with E-state index in [-0.39, 0.29) is 45.2 Å². The number of ether oxygens (including phenoxy) is 2. The number of esters is 1. The van der Waals surface area contributed by atoms with E-state index in [9.17, 15) is 9.18 Å². The van der Waals surface area contributed by atoms with Crippen LogP contribution >= 0.6 is 11.6 Å². The van der Waals surface area contributed by atoms with Gasteiger partial charge in [-0.3, -0.25) is 4.99 Å². The zero-order valence-corrected chi connectivity index (χ0v) is 16.6. The molecular weight excluding hydrogens is 385 g/mol. The van der Waals surface area contributed by atoms with E-state index in [4.69, 9.17) is 26.8 Å². The molecule has 1 fully saturated rings. The van der Waals surface area contributed by atoms with Crippen molar-refractivity contribution in [3.05, 3.63) is 59.0 Å². The number of benzene rings is 1. The molecule has 0 spiro atoms. The smallest absolute Gasteiger partial charge is 0.355 e. The lowest BCUT2D eigenvalue weighted by atomic mass is 9.93. The zero-order valence-electron chi connectivity index (χ0n) is 15.9. The third-order valence-electron chi connectivity index (χ3n) is 4.39. The molecule has 150 valence electrons. The Morgan fingerprint density at radius 1 is 1.43 bits per heavy atom. The summed E-state index contributed by atoms with van der Waals surface area (Å²) in [6.45, 7) is 7.50. The molecule has 0 amide bonds. The molecule has 0 unspecified atom stereocenters. The van der Waals surface area contributed by atoms with E-state index in [1.165, 1.54) is 32.4 Å². The maximum atomic E-state index is 14.7. The summed E-state index contributed by atoms with van der Waals surface area (Å²) < 4.78 is 24.5. The first kappa shape index (κ1) is 21.5. The van der Waals surface area contributed by atoms with Crippen molar-refractivity contribution in [2.75, 3.05) is 14.2 Å². The number of methoxy groups -OCH3 is 2. The number of nitrogens with zero attached hydrogens (tertiary/aromatic N) is 1. The van der Waals surface area contributed by atoms with Gasteiger partial charge >= 0.3 is 5.97 Å². The van der Waals surface area contributed by atoms with Crippen molar-refractivity contribution in [2.24, 2.45) is 10.7 Å². The van der Waals surface area contributed by atoms with Gasteiger partial charge in [0.15, 0.2) is 11.6 Å². The molecule has 6 nitrogen and oxygen atoms in total. The molecule has 1 aliphatic rings. The second-order valence-corrected chi connectivity index (χ2v) is 6.54. The summed E-state index contributed by atoms with van der Waals surface area (Å²) in [6.07, 6.45) is 4.36. The van der Waals surface area contributed by atoms with Crippen molar-refractivity contribution in [1.29, 1.82) is 0 Å². The van der Waals surface area contributed by atoms with Gasteiger partial charge in [-0.15, -0.1) is 0 Å². The number of nitrogens with one attached hydrogen (secondary N) is 1. The highest BCUT2D eigenvalue weighted by atomic mass is 35.5. The Kier molecular flexibility index (Phi) is 7.23. The monoisotopic (exact) mass is 407 g/mol. The minimum atomic E-state index is -0.718. The molecular formula is C20H23ClFN3O3. The highest BCUT2D eigenvalue weighted by molar-refractivity contribution is 6.32. The largest absolute Gasteiger partial charge is 0.492 e. The van der Waals surface area contributed by atoms with Crippen LogP contribution in [-0.4, -0.2) is 32.1 Å². The minimum Gasteiger partial charge on any atom is -0.492 e. The fourth-order valence-corrected chi connectivity index (χ4v) is 2.84. The van der Waals surface area contributed by atoms with Crippen LogP contribution in [0.4, 0.5) is 4.39 Å². The summed E-state index contributed by atoms with van der Waals surface area (Å²) in [7, 11) is 2.52. The molecule has 0 radical (unpaired) electrons. The first-order chi connectivity index (χ1) is 13.3. The van der Waals surface area contributed by atoms with Crippen LogP contribution in [0.25, 0.3) is 5.70 Å². The molecule has 2 rings (SSSR count). The SMILES string of the molecule is C=CC(C(N)=NC1CCC1)=C(NC(=C)c1ccc(Cl)c(OC)c1F)C(=O)OC. The summed E-state index contributed by atoms with van der Waals surface area (Å²) in [5, 5.41) is 2.89. The van der Waals surface area contributed by atoms with Crippen molar-refractivity contribution in [3.63, 3.8) is 0 Å². The van der Waals surface area contributed by atoms with Crippen LogP contribution in [0, 0.1) is 5.82 Å². The van der Waals surface area contributed by atoms with Gasteiger partial charge in [-0.25, -0.2) is 9.18 Å². The van der Waals surface area contributed by atoms with E-state index in [1.807, 2.05) is 0 Å². The van der Waals surface area contributed by atoms with Crippen molar-refractivity contribution < 1.29 is 18.7 Å². The van der Waals surface area contributed by atoms with Crippen LogP contribution in [0.1, 0.15) is 24.8 Å². The predicted octanol–water partition coefficient (Wildman–Crippen LogP) is 3.57. The highest BCUT2D eigenvalue weighted by Crippen LogP contribution is 2.32. The molecule has 1 aliphatic carbocycles. The fourth-order valence-electron chi connectivity index (χ4n) is 2.62. The number of nitrogens with two attached hydrogens (primary N) is 1. The number of hydrogen-bond donors (Lipinski definition) is 2. The molecule has 0 saturated heterocycles. The number of halogens is 2. The van der Waals surface area contributed by atoms with Gasteiger partial charge in [0.1, 0.15) is 11.5 Å². The number of carbonyl (C=O) groups excluding carboxylic acids is 1. The Balaban J connectivity index is 2.44. The Hall–Kier alpha value is -2.80. The summed E-state index contributed by atoms with van der Waals surface area (Å²) in [5.41, 5.74) is 6.44. The number of carbonyl (C=O) groups is 1. The molecule has 3 N–H and O–H groups in total. The van der Waals surface area contributed by atoms with Crippen LogP contribution in [-0.2, 0) is 9.53 Å². The highest BCUT2D eigenvalue weighted by Gasteiger charge is 2.23. The normalized spacial score (nSPS) is 15.2. The van der Waals surface area contributed by atoms with Crippen LogP contribution < -0.4 is 15.8 Å². The first-order valence-electron chi connectivity index (χ1n) is 8.60. The van der Waals surface area contributed by atoms with Gasteiger partial charge in [-0.1, -0.05) is 30.8 Å². The van der Waals surface area contributed by atoms with Gasteiger partial charge in [0.25, 0.3) is 0 Å². The number of amidine groups is 1. The number of hydrogen-bond acceptors (Lipinski definition) is 5. The second kappa shape index (κ2) is 9.41. The van der Waals surface area contributed by atoms with E-state index in [1.54, 1.807) is 0 Å². The Bertz CT molecular complexity index is 860. The lowest BCUT2D eigenvalue weighted by molar-refractivity contribution is -0.136. The Morgan fingerprint density at radius 3 is 2.61 bits per heavy atom. The molecule has 1 saturated carbocycles. The van der Waals surface area contributed by atoms with E-state index in [2.05, 4.69) is 23.5 Å². The standard InChI is InChI=1S/C20H23ClFN3O3/c1-5-13(19(23)25-12-7-6-8-12)17(20(26)28-4)24-11(2)14-9-10-15(21)18(27-3)16(14)22/h5,9-10,12,24H,1-2,6-8H2,3-4H3,(H2,23,25). The van der Waals surface area contributed by atoms with E-state index in [0.29, 0.717) is 0 Å². The maximum absolute atomic E-state index is 14.7. The number of aliphatic imine (C=N–C) groups is 1. The second-order valence-electron chi connectivity index (χ2n) is 6.13. The van der Waals surface area contributed by atoms with Crippen molar-refractivity contribution >= 4 is 29.1 Å². The molecule has 0 bridgehead atoms. The third-order valence-corrected chi connectivity index (χ3v) is 4.69. The summed E-state index contributed by atoms with van der Waals surface area (Å²) in [5.74, 6) is -1.41. The van der Waals surface area contributed by atoms with Crippen molar-refractivity contribution in [3.8, 4) is 5.75 Å². The van der Waals surface area contributed by atoms with E-state index < -0.39 is 11.8 Å². The molecule has 1 aromatic rings. The predicted molar refractivity (Wildman–Crippen MR) is 109 cm³/mol. The van der Waals surface area contributed by atoms with Gasteiger partial charge in [-0.05, 0) is 31.4 Å². The van der Waals surface area contributed by atoms with Crippen LogP contribution in [0.2, 0.25) is 5.02 Å². The Morgan fingerprint density at radius 2 is 2.11 bits per heavy atom. The van der Waals surface area contributed by atoms with Crippen LogP contribution in [0.15, 0.2) is 47.6 Å². The number of rotatable bonds is 8. The van der Waals surface area contributed by atoms with Crippen molar-refractivity contribution in [1.82, 2.24) is 5.32 Å². The zero-order chi connectivity index (χ0) is 20.8. The van der Waals surface area contributed by atoms with E-state index >= 15 is 0 Å². The average Bonchev–Trinajstić information content (AvgIpc) is 2.64. The molecule has 0 atom stereocenters. The molecule has 1 aromatic carbocycles. The average molecular weight is 408 g/mol. The van der Waals surface area contributed by atoms with Gasteiger partial charge in [0.2, 0.25) is 0 Å². The van der Waals surface area contributed by atoms with Gasteiger partial charge in [0, 0.05) is 16.8 Å². The summed E-state index contributed by atoms with van der Waals surface area (Å²) >= 11 is 5.92. The van der Waals surface area contributed by atoms with Crippen molar-refractivity contribution in [2.45, 2.75) is 25.3 Å². The molecule has 28 heavy (non-hydrogen) atoms. The topological polar surface area (TPSA) is 85.9 Å². The quantitative estimate of drug-likeness (QED) is 0.226. The minimum absolute atomic E-state index is 0.0450. The Labute approximate surface area is 168 Å². The molecule has 8 heteroatoms. The summed E-state index contributed by atoms with van der Waals surface area (Å²) in [4.78, 5) is 16.7. The van der Waals surface area contributed by atoms with E-state index in [0.717, 1.165) is 19.3 Å². The lowest BCUT2D eigenvalue weighted by Crippen LogP contribution is -2.29. The van der Waals surface area contributed by atoms with Crippen LogP contribution in [0.5, 0.6) is 5.75 Å². The summed E-state index contributed by atoms with van der Waals surface area (Å²) in [6, 6.07) is 3.01. The van der Waals surface area contributed by atoms with Gasteiger partial charge in [0.05, 0.1) is 25.3 Å². The lowest BCUT2D eigenvalue weighted by Gasteiger charge is -2.22.